The molecule has 1 aliphatic carbocycles. The van der Waals surface area contributed by atoms with Crippen LogP contribution < -0.4 is 11.1 Å². The Hall–Kier alpha value is -1.69. The topological polar surface area (TPSA) is 85.8 Å². The molecule has 3 N–H and O–H groups in total. The minimum atomic E-state index is -0.0589. The summed E-state index contributed by atoms with van der Waals surface area (Å²) < 4.78 is 1.75. The second kappa shape index (κ2) is 5.58. The molecular weight excluding hydrogens is 218 g/mol. The van der Waals surface area contributed by atoms with Gasteiger partial charge in [-0.25, -0.2) is 0 Å². The number of rotatable bonds is 5. The van der Waals surface area contributed by atoms with Gasteiger partial charge in [-0.15, -0.1) is 5.10 Å². The second-order valence-corrected chi connectivity index (χ2v) is 4.20. The predicted molar refractivity (Wildman–Crippen MR) is 62.9 cm³/mol. The number of carbonyl (C=O) groups is 1. The first-order chi connectivity index (χ1) is 8.25. The van der Waals surface area contributed by atoms with Gasteiger partial charge < -0.3 is 11.1 Å². The fraction of sp³-hybridized carbons (Fsp3) is 0.545. The summed E-state index contributed by atoms with van der Waals surface area (Å²) in [5, 5.41) is 10.5. The van der Waals surface area contributed by atoms with Crippen LogP contribution in [0.4, 0.5) is 0 Å². The van der Waals surface area contributed by atoms with Gasteiger partial charge in [-0.05, 0) is 12.8 Å². The van der Waals surface area contributed by atoms with E-state index in [0.29, 0.717) is 6.54 Å². The van der Waals surface area contributed by atoms with E-state index in [9.17, 15) is 4.79 Å². The highest BCUT2D eigenvalue weighted by Gasteiger charge is 2.21. The van der Waals surface area contributed by atoms with Crippen LogP contribution in [0.2, 0.25) is 0 Å². The largest absolute Gasteiger partial charge is 0.356 e. The average molecular weight is 235 g/mol. The van der Waals surface area contributed by atoms with Gasteiger partial charge in [0.05, 0.1) is 12.1 Å². The Labute approximate surface area is 99.9 Å². The number of hydrogen-bond donors (Lipinski definition) is 2. The molecule has 2 unspecified atom stereocenters. The molecule has 0 fully saturated rings. The van der Waals surface area contributed by atoms with Crippen molar-refractivity contribution in [2.75, 3.05) is 6.54 Å². The zero-order chi connectivity index (χ0) is 12.1. The molecular formula is C11H17N5O. The number of nitrogens with two attached hydrogens (primary N) is 1. The van der Waals surface area contributed by atoms with Crippen molar-refractivity contribution in [2.45, 2.75) is 25.4 Å². The van der Waals surface area contributed by atoms with Crippen LogP contribution in [0.15, 0.2) is 24.5 Å². The van der Waals surface area contributed by atoms with E-state index >= 15 is 0 Å². The second-order valence-electron chi connectivity index (χ2n) is 4.20. The third-order valence-corrected chi connectivity index (χ3v) is 2.79. The van der Waals surface area contributed by atoms with E-state index in [2.05, 4.69) is 15.6 Å². The molecule has 0 radical (unpaired) electrons. The summed E-state index contributed by atoms with van der Waals surface area (Å²) in [6.07, 6.45) is 8.79. The Morgan fingerprint density at radius 1 is 1.53 bits per heavy atom. The van der Waals surface area contributed by atoms with E-state index in [1.54, 1.807) is 17.1 Å². The molecule has 0 aliphatic heterocycles. The van der Waals surface area contributed by atoms with E-state index in [-0.39, 0.29) is 17.9 Å². The summed E-state index contributed by atoms with van der Waals surface area (Å²) in [4.78, 5) is 11.7. The zero-order valence-electron chi connectivity index (χ0n) is 9.62. The lowest BCUT2D eigenvalue weighted by Crippen LogP contribution is -2.31. The first-order valence-electron chi connectivity index (χ1n) is 5.81. The molecule has 0 bridgehead atoms. The van der Waals surface area contributed by atoms with Crippen molar-refractivity contribution in [1.82, 2.24) is 20.3 Å². The van der Waals surface area contributed by atoms with E-state index in [1.165, 1.54) is 0 Å². The molecule has 1 aromatic heterocycles. The summed E-state index contributed by atoms with van der Waals surface area (Å²) in [5.74, 6) is 0.00385. The lowest BCUT2D eigenvalue weighted by molar-refractivity contribution is -0.123. The number of carbonyl (C=O) groups excluding carboxylic acids is 1. The van der Waals surface area contributed by atoms with Gasteiger partial charge in [0.15, 0.2) is 0 Å². The summed E-state index contributed by atoms with van der Waals surface area (Å²) in [7, 11) is 0. The van der Waals surface area contributed by atoms with Crippen LogP contribution >= 0.6 is 0 Å². The highest BCUT2D eigenvalue weighted by atomic mass is 16.1. The quantitative estimate of drug-likeness (QED) is 0.541. The monoisotopic (exact) mass is 235 g/mol. The van der Waals surface area contributed by atoms with Crippen LogP contribution in [0.1, 0.15) is 12.8 Å². The Bertz CT molecular complexity index is 387. The molecule has 0 aromatic carbocycles. The highest BCUT2D eigenvalue weighted by Crippen LogP contribution is 2.15. The maximum absolute atomic E-state index is 11.7. The molecule has 0 saturated carbocycles. The zero-order valence-corrected chi connectivity index (χ0v) is 9.62. The molecule has 17 heavy (non-hydrogen) atoms. The fourth-order valence-electron chi connectivity index (χ4n) is 1.86. The highest BCUT2D eigenvalue weighted by molar-refractivity contribution is 5.81. The molecule has 2 atom stereocenters. The van der Waals surface area contributed by atoms with Crippen LogP contribution in [0, 0.1) is 5.92 Å². The van der Waals surface area contributed by atoms with Crippen molar-refractivity contribution in [3.8, 4) is 0 Å². The smallest absolute Gasteiger partial charge is 0.226 e. The SMILES string of the molecule is NC1C=CC(C(=O)NCCCn2ccnn2)C1. The standard InChI is InChI=1S/C11H17N5O/c12-10-3-2-9(8-10)11(17)13-4-1-6-16-7-5-14-15-16/h2-3,5,7,9-10H,1,4,6,8,12H2,(H,13,17). The maximum atomic E-state index is 11.7. The molecule has 6 heteroatoms. The fourth-order valence-corrected chi connectivity index (χ4v) is 1.86. The van der Waals surface area contributed by atoms with Gasteiger partial charge in [0.25, 0.3) is 0 Å². The van der Waals surface area contributed by atoms with Crippen molar-refractivity contribution in [3.05, 3.63) is 24.5 Å². The van der Waals surface area contributed by atoms with Crippen molar-refractivity contribution in [3.63, 3.8) is 0 Å². The van der Waals surface area contributed by atoms with Crippen LogP contribution in [-0.2, 0) is 11.3 Å². The summed E-state index contributed by atoms with van der Waals surface area (Å²) in [6, 6.07) is 0.0286. The molecule has 2 rings (SSSR count). The van der Waals surface area contributed by atoms with Gasteiger partial charge in [-0.2, -0.15) is 0 Å². The maximum Gasteiger partial charge on any atom is 0.226 e. The third-order valence-electron chi connectivity index (χ3n) is 2.79. The number of aryl methyl sites for hydroxylation is 1. The molecule has 92 valence electrons. The first-order valence-corrected chi connectivity index (χ1v) is 5.81. The lowest BCUT2D eigenvalue weighted by atomic mass is 10.1. The summed E-state index contributed by atoms with van der Waals surface area (Å²) in [6.45, 7) is 1.42. The van der Waals surface area contributed by atoms with E-state index in [4.69, 9.17) is 5.73 Å². The molecule has 1 aliphatic rings. The summed E-state index contributed by atoms with van der Waals surface area (Å²) in [5.41, 5.74) is 5.70. The summed E-state index contributed by atoms with van der Waals surface area (Å²) >= 11 is 0. The van der Waals surface area contributed by atoms with Gasteiger partial charge in [0, 0.05) is 25.3 Å². The van der Waals surface area contributed by atoms with E-state index in [0.717, 1.165) is 19.4 Å². The Morgan fingerprint density at radius 3 is 3.06 bits per heavy atom. The molecule has 1 amide bonds. The minimum Gasteiger partial charge on any atom is -0.356 e. The Kier molecular flexibility index (Phi) is 3.87. The number of nitrogens with zero attached hydrogens (tertiary/aromatic N) is 3. The number of hydrogen-bond acceptors (Lipinski definition) is 4. The van der Waals surface area contributed by atoms with Crippen molar-refractivity contribution in [1.29, 1.82) is 0 Å². The Balaban J connectivity index is 1.62. The number of nitrogens with one attached hydrogen (secondary N) is 1. The van der Waals surface area contributed by atoms with Crippen molar-refractivity contribution in [2.24, 2.45) is 11.7 Å². The lowest BCUT2D eigenvalue weighted by Gasteiger charge is -2.10. The molecule has 1 aromatic rings. The van der Waals surface area contributed by atoms with Gasteiger partial charge in [0.2, 0.25) is 5.91 Å². The van der Waals surface area contributed by atoms with Gasteiger partial charge in [-0.3, -0.25) is 9.48 Å². The number of amides is 1. The van der Waals surface area contributed by atoms with Crippen molar-refractivity contribution >= 4 is 5.91 Å². The normalized spacial score (nSPS) is 22.9. The molecule has 0 spiro atoms. The predicted octanol–water partition coefficient (Wildman–Crippen LogP) is -0.312. The minimum absolute atomic E-state index is 0.0286. The van der Waals surface area contributed by atoms with E-state index in [1.807, 2.05) is 12.2 Å². The first kappa shape index (κ1) is 11.8. The molecule has 6 nitrogen and oxygen atoms in total. The van der Waals surface area contributed by atoms with Crippen LogP contribution in [0.3, 0.4) is 0 Å². The third kappa shape index (κ3) is 3.39. The Morgan fingerprint density at radius 2 is 2.41 bits per heavy atom. The van der Waals surface area contributed by atoms with E-state index < -0.39 is 0 Å². The van der Waals surface area contributed by atoms with Gasteiger partial charge in [-0.1, -0.05) is 17.4 Å². The van der Waals surface area contributed by atoms with Crippen LogP contribution in [0.25, 0.3) is 0 Å². The molecule has 0 saturated heterocycles. The van der Waals surface area contributed by atoms with Gasteiger partial charge >= 0.3 is 0 Å². The van der Waals surface area contributed by atoms with Crippen molar-refractivity contribution < 1.29 is 4.79 Å². The molecule has 1 heterocycles. The number of aromatic nitrogens is 3. The van der Waals surface area contributed by atoms with Gasteiger partial charge in [0.1, 0.15) is 0 Å². The van der Waals surface area contributed by atoms with Crippen LogP contribution in [-0.4, -0.2) is 33.5 Å². The van der Waals surface area contributed by atoms with Crippen LogP contribution in [0.5, 0.6) is 0 Å². The average Bonchev–Trinajstić information content (AvgIpc) is 2.95.